The van der Waals surface area contributed by atoms with Gasteiger partial charge >= 0.3 is 0 Å². The van der Waals surface area contributed by atoms with Crippen LogP contribution in [0.25, 0.3) is 83.5 Å². The van der Waals surface area contributed by atoms with Gasteiger partial charge in [0.2, 0.25) is 0 Å². The zero-order valence-corrected chi connectivity index (χ0v) is 23.6. The molecule has 0 amide bonds. The van der Waals surface area contributed by atoms with Crippen LogP contribution in [0.4, 0.5) is 0 Å². The molecule has 0 saturated carbocycles. The largest absolute Gasteiger partial charge is 0.354 e. The quantitative estimate of drug-likeness (QED) is 0.232. The van der Waals surface area contributed by atoms with Gasteiger partial charge < -0.3 is 9.55 Å². The highest BCUT2D eigenvalue weighted by atomic mass is 15.0. The monoisotopic (exact) mass is 563 g/mol. The minimum atomic E-state index is 0.637. The first-order chi connectivity index (χ1) is 21.8. The van der Waals surface area contributed by atoms with Crippen LogP contribution >= 0.6 is 0 Å². The molecule has 5 nitrogen and oxygen atoms in total. The number of hydrogen-bond donors (Lipinski definition) is 1. The Morgan fingerprint density at radius 1 is 0.432 bits per heavy atom. The van der Waals surface area contributed by atoms with Gasteiger partial charge in [0.05, 0.1) is 11.0 Å². The van der Waals surface area contributed by atoms with Crippen molar-refractivity contribution >= 4 is 43.6 Å². The van der Waals surface area contributed by atoms with E-state index < -0.39 is 0 Å². The Morgan fingerprint density at radius 2 is 1.02 bits per heavy atom. The van der Waals surface area contributed by atoms with Gasteiger partial charge in [-0.3, -0.25) is 0 Å². The summed E-state index contributed by atoms with van der Waals surface area (Å²) in [6.45, 7) is 0. The summed E-state index contributed by atoms with van der Waals surface area (Å²) in [5, 5.41) is 4.88. The summed E-state index contributed by atoms with van der Waals surface area (Å²) >= 11 is 0. The summed E-state index contributed by atoms with van der Waals surface area (Å²) in [6.07, 6.45) is 0. The molecule has 0 spiro atoms. The van der Waals surface area contributed by atoms with E-state index in [4.69, 9.17) is 15.0 Å². The van der Waals surface area contributed by atoms with Crippen molar-refractivity contribution in [3.8, 4) is 39.9 Å². The molecule has 0 atom stereocenters. The Bertz CT molecular complexity index is 2430. The van der Waals surface area contributed by atoms with E-state index in [9.17, 15) is 0 Å². The van der Waals surface area contributed by atoms with Gasteiger partial charge in [-0.2, -0.15) is 0 Å². The first kappa shape index (κ1) is 24.5. The molecule has 0 unspecified atom stereocenters. The molecule has 3 aromatic heterocycles. The summed E-state index contributed by atoms with van der Waals surface area (Å²) in [7, 11) is 0. The standard InChI is InChI=1S/C39H25N5/c1-3-12-25(13-4-1)37-41-38(26-14-5-2-6-15-26)43-39(42-37)27-16-11-17-28(24-27)44-34-21-10-8-18-29(34)30-22-23-33-35(36(30)44)31-19-7-9-20-32(31)40-33/h1-24,40H. The molecule has 9 aromatic rings. The van der Waals surface area contributed by atoms with Crippen molar-refractivity contribution in [3.63, 3.8) is 0 Å². The minimum absolute atomic E-state index is 0.637. The van der Waals surface area contributed by atoms with Crippen LogP contribution in [0.15, 0.2) is 146 Å². The third-order valence-corrected chi connectivity index (χ3v) is 8.36. The Hall–Kier alpha value is -6.07. The molecule has 206 valence electrons. The number of H-pyrrole nitrogens is 1. The first-order valence-electron chi connectivity index (χ1n) is 14.7. The molecule has 0 bridgehead atoms. The van der Waals surface area contributed by atoms with Gasteiger partial charge in [0.15, 0.2) is 17.5 Å². The number of fused-ring (bicyclic) bond motifs is 7. The Kier molecular flexibility index (Phi) is 5.43. The van der Waals surface area contributed by atoms with Crippen LogP contribution in [0.1, 0.15) is 0 Å². The Balaban J connectivity index is 1.31. The summed E-state index contributed by atoms with van der Waals surface area (Å²) in [5.74, 6) is 1.94. The highest BCUT2D eigenvalue weighted by Crippen LogP contribution is 2.40. The van der Waals surface area contributed by atoms with Gasteiger partial charge in [-0.15, -0.1) is 0 Å². The van der Waals surface area contributed by atoms with E-state index >= 15 is 0 Å². The lowest BCUT2D eigenvalue weighted by molar-refractivity contribution is 1.07. The average molecular weight is 564 g/mol. The number of benzene rings is 6. The van der Waals surface area contributed by atoms with Crippen molar-refractivity contribution in [2.45, 2.75) is 0 Å². The van der Waals surface area contributed by atoms with Crippen LogP contribution in [0.2, 0.25) is 0 Å². The highest BCUT2D eigenvalue weighted by Gasteiger charge is 2.19. The van der Waals surface area contributed by atoms with E-state index in [1.54, 1.807) is 0 Å². The van der Waals surface area contributed by atoms with Gasteiger partial charge in [0.25, 0.3) is 0 Å². The fraction of sp³-hybridized carbons (Fsp3) is 0. The van der Waals surface area contributed by atoms with Gasteiger partial charge in [0, 0.05) is 55.0 Å². The molecule has 0 aliphatic rings. The smallest absolute Gasteiger partial charge is 0.164 e. The third-order valence-electron chi connectivity index (χ3n) is 8.36. The molecule has 0 saturated heterocycles. The minimum Gasteiger partial charge on any atom is -0.354 e. The van der Waals surface area contributed by atoms with Gasteiger partial charge in [-0.1, -0.05) is 115 Å². The lowest BCUT2D eigenvalue weighted by atomic mass is 10.1. The van der Waals surface area contributed by atoms with Gasteiger partial charge in [-0.05, 0) is 30.3 Å². The van der Waals surface area contributed by atoms with E-state index in [1.165, 1.54) is 27.1 Å². The molecule has 9 rings (SSSR count). The molecule has 5 heteroatoms. The highest BCUT2D eigenvalue weighted by molar-refractivity contribution is 6.25. The molecular formula is C39H25N5. The Labute approximate surface area is 253 Å². The zero-order chi connectivity index (χ0) is 29.0. The molecule has 0 fully saturated rings. The number of rotatable bonds is 4. The number of nitrogens with zero attached hydrogens (tertiary/aromatic N) is 4. The Morgan fingerprint density at radius 3 is 1.75 bits per heavy atom. The summed E-state index contributed by atoms with van der Waals surface area (Å²) in [4.78, 5) is 18.5. The predicted octanol–water partition coefficient (Wildman–Crippen LogP) is 9.60. The molecule has 1 N–H and O–H groups in total. The van der Waals surface area contributed by atoms with Crippen LogP contribution in [-0.4, -0.2) is 24.5 Å². The summed E-state index contributed by atoms with van der Waals surface area (Å²) in [6, 6.07) is 50.3. The second-order valence-electron chi connectivity index (χ2n) is 11.0. The maximum Gasteiger partial charge on any atom is 0.164 e. The lowest BCUT2D eigenvalue weighted by Crippen LogP contribution is -2.01. The molecule has 0 aliphatic heterocycles. The van der Waals surface area contributed by atoms with Crippen molar-refractivity contribution in [3.05, 3.63) is 146 Å². The second kappa shape index (κ2) is 9.75. The SMILES string of the molecule is c1ccc(-c2nc(-c3ccccc3)nc(-c3cccc(-n4c5ccccc5c5ccc6[nH]c7ccccc7c6c54)c3)n2)cc1. The molecule has 0 aliphatic carbocycles. The summed E-state index contributed by atoms with van der Waals surface area (Å²) in [5.41, 5.74) is 8.48. The normalized spacial score (nSPS) is 11.6. The first-order valence-corrected chi connectivity index (χ1v) is 14.7. The summed E-state index contributed by atoms with van der Waals surface area (Å²) < 4.78 is 2.38. The molecule has 3 heterocycles. The number of nitrogens with one attached hydrogen (secondary N) is 1. The van der Waals surface area contributed by atoms with Crippen LogP contribution in [-0.2, 0) is 0 Å². The third kappa shape index (κ3) is 3.83. The van der Waals surface area contributed by atoms with Crippen LogP contribution < -0.4 is 0 Å². The maximum atomic E-state index is 4.99. The van der Waals surface area contributed by atoms with Crippen LogP contribution in [0.5, 0.6) is 0 Å². The topological polar surface area (TPSA) is 59.4 Å². The van der Waals surface area contributed by atoms with Crippen molar-refractivity contribution < 1.29 is 0 Å². The fourth-order valence-electron chi connectivity index (χ4n) is 6.38. The maximum absolute atomic E-state index is 4.99. The molecule has 6 aromatic carbocycles. The fourth-order valence-corrected chi connectivity index (χ4v) is 6.38. The van der Waals surface area contributed by atoms with Crippen molar-refractivity contribution in [2.75, 3.05) is 0 Å². The van der Waals surface area contributed by atoms with E-state index in [2.05, 4.69) is 94.5 Å². The number of aromatic nitrogens is 5. The van der Waals surface area contributed by atoms with Crippen molar-refractivity contribution in [1.29, 1.82) is 0 Å². The average Bonchev–Trinajstić information content (AvgIpc) is 3.65. The predicted molar refractivity (Wildman–Crippen MR) is 180 cm³/mol. The van der Waals surface area contributed by atoms with Gasteiger partial charge in [-0.25, -0.2) is 15.0 Å². The second-order valence-corrected chi connectivity index (χ2v) is 11.0. The van der Waals surface area contributed by atoms with E-state index in [1.807, 2.05) is 60.7 Å². The lowest BCUT2D eigenvalue weighted by Gasteiger charge is -2.12. The van der Waals surface area contributed by atoms with Crippen LogP contribution in [0, 0.1) is 0 Å². The van der Waals surface area contributed by atoms with Gasteiger partial charge in [0.1, 0.15) is 0 Å². The van der Waals surface area contributed by atoms with Crippen molar-refractivity contribution in [2.24, 2.45) is 0 Å². The number of hydrogen-bond acceptors (Lipinski definition) is 3. The number of para-hydroxylation sites is 2. The van der Waals surface area contributed by atoms with Crippen molar-refractivity contribution in [1.82, 2.24) is 24.5 Å². The van der Waals surface area contributed by atoms with Crippen LogP contribution in [0.3, 0.4) is 0 Å². The molecule has 44 heavy (non-hydrogen) atoms. The van der Waals surface area contributed by atoms with E-state index in [0.29, 0.717) is 17.5 Å². The number of aromatic amines is 1. The molecular weight excluding hydrogens is 538 g/mol. The van der Waals surface area contributed by atoms with E-state index in [0.717, 1.165) is 38.9 Å². The van der Waals surface area contributed by atoms with E-state index in [-0.39, 0.29) is 0 Å². The molecule has 0 radical (unpaired) electrons. The zero-order valence-electron chi connectivity index (χ0n) is 23.6.